The van der Waals surface area contributed by atoms with Gasteiger partial charge in [0.25, 0.3) is 0 Å². The van der Waals surface area contributed by atoms with Crippen molar-refractivity contribution in [2.75, 3.05) is 14.2 Å². The summed E-state index contributed by atoms with van der Waals surface area (Å²) in [6.07, 6.45) is 2.41. The van der Waals surface area contributed by atoms with Gasteiger partial charge in [-0.1, -0.05) is 0 Å². The number of methoxy groups -OCH3 is 2. The molecule has 88 valence electrons. The molecule has 0 aliphatic heterocycles. The Morgan fingerprint density at radius 2 is 1.81 bits per heavy atom. The highest BCUT2D eigenvalue weighted by molar-refractivity contribution is 5.46. The van der Waals surface area contributed by atoms with E-state index in [1.807, 2.05) is 19.1 Å². The lowest BCUT2D eigenvalue weighted by Gasteiger charge is -2.15. The number of ether oxygens (including phenoxy) is 2. The van der Waals surface area contributed by atoms with Crippen molar-refractivity contribution >= 4 is 0 Å². The molecule has 0 unspecified atom stereocenters. The molecule has 0 aromatic heterocycles. The lowest BCUT2D eigenvalue weighted by atomic mass is 10.0. The molecule has 0 amide bonds. The summed E-state index contributed by atoms with van der Waals surface area (Å²) in [5.74, 6) is 1.68. The minimum Gasteiger partial charge on any atom is -0.496 e. The fraction of sp³-hybridized carbons (Fsp3) is 0.538. The summed E-state index contributed by atoms with van der Waals surface area (Å²) >= 11 is 0. The summed E-state index contributed by atoms with van der Waals surface area (Å²) in [4.78, 5) is 0. The van der Waals surface area contributed by atoms with E-state index >= 15 is 0 Å². The molecule has 1 aromatic rings. The van der Waals surface area contributed by atoms with Gasteiger partial charge in [-0.05, 0) is 37.5 Å². The second-order valence-corrected chi connectivity index (χ2v) is 4.53. The topological polar surface area (TPSA) is 38.7 Å². The number of aliphatic hydroxyl groups is 1. The van der Waals surface area contributed by atoms with Crippen LogP contribution < -0.4 is 9.47 Å². The molecule has 0 atom stereocenters. The third-order valence-corrected chi connectivity index (χ3v) is 3.14. The Labute approximate surface area is 96.0 Å². The molecule has 1 aromatic carbocycles. The van der Waals surface area contributed by atoms with Crippen LogP contribution in [0.3, 0.4) is 0 Å². The zero-order valence-corrected chi connectivity index (χ0v) is 10.0. The predicted molar refractivity (Wildman–Crippen MR) is 62.2 cm³/mol. The molecule has 0 heterocycles. The highest BCUT2D eigenvalue weighted by Crippen LogP contribution is 2.41. The highest BCUT2D eigenvalue weighted by Gasteiger charge is 2.40. The van der Waals surface area contributed by atoms with Gasteiger partial charge in [0.05, 0.1) is 19.8 Å². The normalized spacial score (nSPS) is 17.0. The molecule has 0 saturated heterocycles. The molecule has 3 nitrogen and oxygen atoms in total. The zero-order valence-electron chi connectivity index (χ0n) is 10.0. The molecule has 1 aliphatic carbocycles. The standard InChI is InChI=1S/C13H18O3/c1-9-6-12(16-3)10(7-11(9)15-2)8-13(14)4-5-13/h6-7,14H,4-5,8H2,1-3H3. The van der Waals surface area contributed by atoms with E-state index < -0.39 is 5.60 Å². The van der Waals surface area contributed by atoms with Gasteiger partial charge in [0.1, 0.15) is 11.5 Å². The van der Waals surface area contributed by atoms with E-state index in [0.717, 1.165) is 35.5 Å². The van der Waals surface area contributed by atoms with Crippen molar-refractivity contribution in [3.05, 3.63) is 23.3 Å². The van der Waals surface area contributed by atoms with Crippen LogP contribution >= 0.6 is 0 Å². The maximum absolute atomic E-state index is 9.94. The van der Waals surface area contributed by atoms with Crippen LogP contribution in [0.5, 0.6) is 11.5 Å². The minimum absolute atomic E-state index is 0.506. The van der Waals surface area contributed by atoms with E-state index in [1.54, 1.807) is 14.2 Å². The summed E-state index contributed by atoms with van der Waals surface area (Å²) < 4.78 is 10.6. The number of hydrogen-bond donors (Lipinski definition) is 1. The first-order valence-corrected chi connectivity index (χ1v) is 5.52. The van der Waals surface area contributed by atoms with Gasteiger partial charge in [0.2, 0.25) is 0 Å². The third kappa shape index (κ3) is 2.14. The molecule has 16 heavy (non-hydrogen) atoms. The van der Waals surface area contributed by atoms with Gasteiger partial charge in [-0.15, -0.1) is 0 Å². The molecular formula is C13H18O3. The van der Waals surface area contributed by atoms with Crippen molar-refractivity contribution in [2.24, 2.45) is 0 Å². The van der Waals surface area contributed by atoms with Crippen LogP contribution in [0.2, 0.25) is 0 Å². The smallest absolute Gasteiger partial charge is 0.122 e. The lowest BCUT2D eigenvalue weighted by molar-refractivity contribution is 0.150. The van der Waals surface area contributed by atoms with Crippen LogP contribution in [0.1, 0.15) is 24.0 Å². The lowest BCUT2D eigenvalue weighted by Crippen LogP contribution is -2.12. The molecule has 0 radical (unpaired) electrons. The maximum Gasteiger partial charge on any atom is 0.122 e. The van der Waals surface area contributed by atoms with Crippen LogP contribution in [0.4, 0.5) is 0 Å². The predicted octanol–water partition coefficient (Wildman–Crippen LogP) is 2.08. The summed E-state index contributed by atoms with van der Waals surface area (Å²) in [6.45, 7) is 1.98. The van der Waals surface area contributed by atoms with E-state index in [0.29, 0.717) is 6.42 Å². The Balaban J connectivity index is 2.33. The molecular weight excluding hydrogens is 204 g/mol. The van der Waals surface area contributed by atoms with Gasteiger partial charge in [-0.2, -0.15) is 0 Å². The zero-order chi connectivity index (χ0) is 11.8. The van der Waals surface area contributed by atoms with E-state index in [9.17, 15) is 5.11 Å². The van der Waals surface area contributed by atoms with E-state index in [1.165, 1.54) is 0 Å². The van der Waals surface area contributed by atoms with Gasteiger partial charge < -0.3 is 14.6 Å². The van der Waals surface area contributed by atoms with Crippen LogP contribution in [0, 0.1) is 6.92 Å². The van der Waals surface area contributed by atoms with Crippen LogP contribution in [-0.4, -0.2) is 24.9 Å². The fourth-order valence-corrected chi connectivity index (χ4v) is 1.93. The van der Waals surface area contributed by atoms with Crippen molar-refractivity contribution < 1.29 is 14.6 Å². The van der Waals surface area contributed by atoms with E-state index in [4.69, 9.17) is 9.47 Å². The highest BCUT2D eigenvalue weighted by atomic mass is 16.5. The van der Waals surface area contributed by atoms with E-state index in [2.05, 4.69) is 0 Å². The SMILES string of the molecule is COc1cc(CC2(O)CC2)c(OC)cc1C. The second kappa shape index (κ2) is 3.98. The Bertz CT molecular complexity index is 394. The first-order chi connectivity index (χ1) is 7.58. The van der Waals surface area contributed by atoms with Crippen molar-refractivity contribution in [3.63, 3.8) is 0 Å². The molecule has 2 rings (SSSR count). The summed E-state index contributed by atoms with van der Waals surface area (Å²) in [7, 11) is 3.31. The minimum atomic E-state index is -0.506. The van der Waals surface area contributed by atoms with Crippen LogP contribution in [0.15, 0.2) is 12.1 Å². The third-order valence-electron chi connectivity index (χ3n) is 3.14. The Morgan fingerprint density at radius 1 is 1.19 bits per heavy atom. The van der Waals surface area contributed by atoms with Gasteiger partial charge in [0.15, 0.2) is 0 Å². The summed E-state index contributed by atoms with van der Waals surface area (Å²) in [5.41, 5.74) is 1.56. The van der Waals surface area contributed by atoms with Crippen LogP contribution in [0.25, 0.3) is 0 Å². The molecule has 0 spiro atoms. The summed E-state index contributed by atoms with van der Waals surface area (Å²) in [6, 6.07) is 3.92. The van der Waals surface area contributed by atoms with Gasteiger partial charge >= 0.3 is 0 Å². The first kappa shape index (κ1) is 11.3. The Morgan fingerprint density at radius 3 is 2.31 bits per heavy atom. The van der Waals surface area contributed by atoms with Crippen molar-refractivity contribution in [1.29, 1.82) is 0 Å². The molecule has 1 fully saturated rings. The fourth-order valence-electron chi connectivity index (χ4n) is 1.93. The number of hydrogen-bond acceptors (Lipinski definition) is 3. The number of aryl methyl sites for hydroxylation is 1. The number of rotatable bonds is 4. The number of benzene rings is 1. The monoisotopic (exact) mass is 222 g/mol. The van der Waals surface area contributed by atoms with Crippen molar-refractivity contribution in [1.82, 2.24) is 0 Å². The Hall–Kier alpha value is -1.22. The van der Waals surface area contributed by atoms with E-state index in [-0.39, 0.29) is 0 Å². The quantitative estimate of drug-likeness (QED) is 0.847. The molecule has 1 saturated carbocycles. The maximum atomic E-state index is 9.94. The van der Waals surface area contributed by atoms with Gasteiger partial charge in [-0.3, -0.25) is 0 Å². The van der Waals surface area contributed by atoms with Crippen LogP contribution in [-0.2, 0) is 6.42 Å². The van der Waals surface area contributed by atoms with Gasteiger partial charge in [0, 0.05) is 12.0 Å². The average Bonchev–Trinajstić information content (AvgIpc) is 2.98. The molecule has 0 bridgehead atoms. The van der Waals surface area contributed by atoms with Gasteiger partial charge in [-0.25, -0.2) is 0 Å². The largest absolute Gasteiger partial charge is 0.496 e. The van der Waals surface area contributed by atoms with Crippen molar-refractivity contribution in [2.45, 2.75) is 31.8 Å². The summed E-state index contributed by atoms with van der Waals surface area (Å²) in [5, 5.41) is 9.94. The van der Waals surface area contributed by atoms with Crippen molar-refractivity contribution in [3.8, 4) is 11.5 Å². The molecule has 3 heteroatoms. The molecule has 1 N–H and O–H groups in total. The molecule has 1 aliphatic rings. The average molecular weight is 222 g/mol. The Kier molecular flexibility index (Phi) is 2.80. The second-order valence-electron chi connectivity index (χ2n) is 4.53. The first-order valence-electron chi connectivity index (χ1n) is 5.52.